The van der Waals surface area contributed by atoms with Gasteiger partial charge >= 0.3 is 5.97 Å². The first-order valence-corrected chi connectivity index (χ1v) is 7.79. The second-order valence-electron chi connectivity index (χ2n) is 5.92. The van der Waals surface area contributed by atoms with E-state index < -0.39 is 5.97 Å². The van der Waals surface area contributed by atoms with E-state index in [4.69, 9.17) is 5.11 Å². The SMILES string of the molecule is O=C(O)Cc1cccc(C(=O)N(Cc2ccccc2)C2CC2)c1. The lowest BCUT2D eigenvalue weighted by molar-refractivity contribution is -0.136. The summed E-state index contributed by atoms with van der Waals surface area (Å²) in [6.45, 7) is 0.591. The molecular formula is C19H19NO3. The highest BCUT2D eigenvalue weighted by Crippen LogP contribution is 2.30. The van der Waals surface area contributed by atoms with Gasteiger partial charge in [0.2, 0.25) is 0 Å². The van der Waals surface area contributed by atoms with Gasteiger partial charge in [-0.25, -0.2) is 0 Å². The largest absolute Gasteiger partial charge is 0.481 e. The lowest BCUT2D eigenvalue weighted by Crippen LogP contribution is -2.32. The second kappa shape index (κ2) is 6.65. The van der Waals surface area contributed by atoms with E-state index in [1.54, 1.807) is 24.3 Å². The number of carboxylic acids is 1. The quantitative estimate of drug-likeness (QED) is 0.892. The standard InChI is InChI=1S/C19H19NO3/c21-18(22)12-15-7-4-8-16(11-15)19(23)20(17-9-10-17)13-14-5-2-1-3-6-14/h1-8,11,17H,9-10,12-13H2,(H,21,22). The number of hydrogen-bond donors (Lipinski definition) is 1. The van der Waals surface area contributed by atoms with Crippen LogP contribution in [-0.2, 0) is 17.8 Å². The summed E-state index contributed by atoms with van der Waals surface area (Å²) in [5, 5.41) is 8.90. The Morgan fingerprint density at radius 1 is 1.00 bits per heavy atom. The van der Waals surface area contributed by atoms with Gasteiger partial charge in [-0.15, -0.1) is 0 Å². The van der Waals surface area contributed by atoms with E-state index >= 15 is 0 Å². The summed E-state index contributed by atoms with van der Waals surface area (Å²) in [7, 11) is 0. The number of carbonyl (C=O) groups is 2. The number of carbonyl (C=O) groups excluding carboxylic acids is 1. The zero-order valence-corrected chi connectivity index (χ0v) is 12.8. The Hall–Kier alpha value is -2.62. The van der Waals surface area contributed by atoms with Crippen molar-refractivity contribution in [1.29, 1.82) is 0 Å². The summed E-state index contributed by atoms with van der Waals surface area (Å²) >= 11 is 0. The van der Waals surface area contributed by atoms with Gasteiger partial charge in [0.25, 0.3) is 5.91 Å². The van der Waals surface area contributed by atoms with Gasteiger partial charge in [-0.3, -0.25) is 9.59 Å². The van der Waals surface area contributed by atoms with E-state index in [-0.39, 0.29) is 12.3 Å². The van der Waals surface area contributed by atoms with E-state index in [9.17, 15) is 9.59 Å². The van der Waals surface area contributed by atoms with E-state index in [1.165, 1.54) is 0 Å². The van der Waals surface area contributed by atoms with E-state index in [2.05, 4.69) is 0 Å². The van der Waals surface area contributed by atoms with Crippen LogP contribution in [0.15, 0.2) is 54.6 Å². The second-order valence-corrected chi connectivity index (χ2v) is 5.92. The summed E-state index contributed by atoms with van der Waals surface area (Å²) in [4.78, 5) is 25.6. The third kappa shape index (κ3) is 3.97. The average Bonchev–Trinajstić information content (AvgIpc) is 3.37. The van der Waals surface area contributed by atoms with Gasteiger partial charge in [0, 0.05) is 18.2 Å². The van der Waals surface area contributed by atoms with Crippen LogP contribution in [0.3, 0.4) is 0 Å². The molecule has 2 aromatic carbocycles. The zero-order chi connectivity index (χ0) is 16.2. The van der Waals surface area contributed by atoms with E-state index in [0.29, 0.717) is 23.7 Å². The number of carboxylic acid groups (broad SMARTS) is 1. The molecule has 1 saturated carbocycles. The van der Waals surface area contributed by atoms with Gasteiger partial charge in [-0.1, -0.05) is 42.5 Å². The molecule has 0 aromatic heterocycles. The number of nitrogens with zero attached hydrogens (tertiary/aromatic N) is 1. The Labute approximate surface area is 135 Å². The molecule has 1 amide bonds. The van der Waals surface area contributed by atoms with Crippen molar-refractivity contribution in [3.8, 4) is 0 Å². The maximum absolute atomic E-state index is 12.8. The zero-order valence-electron chi connectivity index (χ0n) is 12.8. The maximum Gasteiger partial charge on any atom is 0.307 e. The third-order valence-electron chi connectivity index (χ3n) is 3.97. The highest BCUT2D eigenvalue weighted by atomic mass is 16.4. The van der Waals surface area contributed by atoms with Crippen LogP contribution in [0.2, 0.25) is 0 Å². The van der Waals surface area contributed by atoms with Crippen molar-refractivity contribution >= 4 is 11.9 Å². The molecule has 1 fully saturated rings. The van der Waals surface area contributed by atoms with Gasteiger partial charge in [-0.2, -0.15) is 0 Å². The molecule has 3 rings (SSSR count). The number of rotatable bonds is 6. The Bertz CT molecular complexity index is 708. The molecule has 0 unspecified atom stereocenters. The summed E-state index contributed by atoms with van der Waals surface area (Å²) in [5.41, 5.74) is 2.32. The molecule has 4 heteroatoms. The third-order valence-corrected chi connectivity index (χ3v) is 3.97. The van der Waals surface area contributed by atoms with Crippen LogP contribution >= 0.6 is 0 Å². The fourth-order valence-electron chi connectivity index (χ4n) is 2.69. The van der Waals surface area contributed by atoms with E-state index in [0.717, 1.165) is 18.4 Å². The van der Waals surface area contributed by atoms with Crippen molar-refractivity contribution in [3.05, 3.63) is 71.3 Å². The van der Waals surface area contributed by atoms with Crippen LogP contribution in [0.1, 0.15) is 34.3 Å². The summed E-state index contributed by atoms with van der Waals surface area (Å²) < 4.78 is 0. The van der Waals surface area contributed by atoms with Crippen molar-refractivity contribution < 1.29 is 14.7 Å². The fraction of sp³-hybridized carbons (Fsp3) is 0.263. The minimum absolute atomic E-state index is 0.0245. The van der Waals surface area contributed by atoms with Gasteiger partial charge in [0.15, 0.2) is 0 Å². The molecular weight excluding hydrogens is 290 g/mol. The number of amides is 1. The smallest absolute Gasteiger partial charge is 0.307 e. The molecule has 1 aliphatic carbocycles. The number of aliphatic carboxylic acids is 1. The average molecular weight is 309 g/mol. The monoisotopic (exact) mass is 309 g/mol. The molecule has 0 radical (unpaired) electrons. The molecule has 4 nitrogen and oxygen atoms in total. The van der Waals surface area contributed by atoms with Crippen LogP contribution in [0.4, 0.5) is 0 Å². The Kier molecular flexibility index (Phi) is 4.42. The molecule has 0 heterocycles. The van der Waals surface area contributed by atoms with Crippen LogP contribution in [-0.4, -0.2) is 27.9 Å². The lowest BCUT2D eigenvalue weighted by Gasteiger charge is -2.23. The van der Waals surface area contributed by atoms with Crippen molar-refractivity contribution in [2.75, 3.05) is 0 Å². The molecule has 2 aromatic rings. The van der Waals surface area contributed by atoms with Gasteiger partial charge in [0.05, 0.1) is 6.42 Å². The number of benzene rings is 2. The topological polar surface area (TPSA) is 57.6 Å². The molecule has 1 N–H and O–H groups in total. The van der Waals surface area contributed by atoms with Crippen LogP contribution in [0, 0.1) is 0 Å². The predicted octanol–water partition coefficient (Wildman–Crippen LogP) is 3.12. The highest BCUT2D eigenvalue weighted by molar-refractivity contribution is 5.95. The van der Waals surface area contributed by atoms with E-state index in [1.807, 2.05) is 35.2 Å². The van der Waals surface area contributed by atoms with Crippen LogP contribution in [0.5, 0.6) is 0 Å². The fourth-order valence-corrected chi connectivity index (χ4v) is 2.69. The number of hydrogen-bond acceptors (Lipinski definition) is 2. The molecule has 23 heavy (non-hydrogen) atoms. The summed E-state index contributed by atoms with van der Waals surface area (Å²) in [6, 6.07) is 17.2. The van der Waals surface area contributed by atoms with Crippen molar-refractivity contribution in [1.82, 2.24) is 4.90 Å². The first kappa shape index (κ1) is 15.3. The highest BCUT2D eigenvalue weighted by Gasteiger charge is 2.33. The first-order valence-electron chi connectivity index (χ1n) is 7.79. The Balaban J connectivity index is 1.80. The molecule has 0 spiro atoms. The first-order chi connectivity index (χ1) is 11.1. The summed E-state index contributed by atoms with van der Waals surface area (Å²) in [6.07, 6.45) is 2.00. The lowest BCUT2D eigenvalue weighted by atomic mass is 10.1. The van der Waals surface area contributed by atoms with Crippen molar-refractivity contribution in [2.24, 2.45) is 0 Å². The minimum atomic E-state index is -0.891. The Morgan fingerprint density at radius 2 is 1.70 bits per heavy atom. The molecule has 118 valence electrons. The van der Waals surface area contributed by atoms with Crippen molar-refractivity contribution in [3.63, 3.8) is 0 Å². The van der Waals surface area contributed by atoms with Gasteiger partial charge < -0.3 is 10.0 Å². The van der Waals surface area contributed by atoms with Crippen LogP contribution < -0.4 is 0 Å². The maximum atomic E-state index is 12.8. The summed E-state index contributed by atoms with van der Waals surface area (Å²) in [5.74, 6) is -0.915. The molecule has 1 aliphatic rings. The van der Waals surface area contributed by atoms with Crippen molar-refractivity contribution in [2.45, 2.75) is 31.8 Å². The normalized spacial score (nSPS) is 13.6. The minimum Gasteiger partial charge on any atom is -0.481 e. The Morgan fingerprint density at radius 3 is 2.35 bits per heavy atom. The van der Waals surface area contributed by atoms with Crippen LogP contribution in [0.25, 0.3) is 0 Å². The molecule has 0 atom stereocenters. The molecule has 0 aliphatic heterocycles. The molecule has 0 bridgehead atoms. The predicted molar refractivity (Wildman–Crippen MR) is 87.1 cm³/mol. The van der Waals surface area contributed by atoms with Gasteiger partial charge in [-0.05, 0) is 36.1 Å². The van der Waals surface area contributed by atoms with Gasteiger partial charge in [0.1, 0.15) is 0 Å². The molecule has 0 saturated heterocycles.